The molecule has 1 rings (SSSR count). The molecule has 0 aliphatic carbocycles. The lowest BCUT2D eigenvalue weighted by molar-refractivity contribution is 0.302. The molecule has 0 atom stereocenters. The Morgan fingerprint density at radius 1 is 1.43 bits per heavy atom. The van der Waals surface area contributed by atoms with Gasteiger partial charge < -0.3 is 10.0 Å². The highest BCUT2D eigenvalue weighted by molar-refractivity contribution is 9.10. The SMILES string of the molecule is CCCN(CCO)c1cncc(Br)c1. The fourth-order valence-electron chi connectivity index (χ4n) is 1.33. The summed E-state index contributed by atoms with van der Waals surface area (Å²) in [6.07, 6.45) is 4.63. The Bertz CT molecular complexity index is 275. The maximum atomic E-state index is 8.92. The van der Waals surface area contributed by atoms with Crippen LogP contribution in [0.1, 0.15) is 13.3 Å². The summed E-state index contributed by atoms with van der Waals surface area (Å²) in [7, 11) is 0. The Morgan fingerprint density at radius 3 is 2.79 bits per heavy atom. The van der Waals surface area contributed by atoms with Crippen molar-refractivity contribution in [2.75, 3.05) is 24.6 Å². The normalized spacial score (nSPS) is 10.2. The number of rotatable bonds is 5. The molecule has 0 saturated carbocycles. The van der Waals surface area contributed by atoms with E-state index in [0.29, 0.717) is 6.54 Å². The molecule has 0 amide bonds. The van der Waals surface area contributed by atoms with Crippen molar-refractivity contribution in [2.45, 2.75) is 13.3 Å². The van der Waals surface area contributed by atoms with Crippen molar-refractivity contribution in [2.24, 2.45) is 0 Å². The largest absolute Gasteiger partial charge is 0.395 e. The number of halogens is 1. The monoisotopic (exact) mass is 258 g/mol. The lowest BCUT2D eigenvalue weighted by Gasteiger charge is -2.22. The van der Waals surface area contributed by atoms with E-state index in [9.17, 15) is 0 Å². The Labute approximate surface area is 92.9 Å². The van der Waals surface area contributed by atoms with Crippen molar-refractivity contribution in [3.63, 3.8) is 0 Å². The first-order valence-corrected chi connectivity index (χ1v) is 5.53. The maximum Gasteiger partial charge on any atom is 0.0606 e. The number of aromatic nitrogens is 1. The van der Waals surface area contributed by atoms with Gasteiger partial charge in [-0.25, -0.2) is 0 Å². The van der Waals surface area contributed by atoms with Crippen LogP contribution in [0.2, 0.25) is 0 Å². The number of hydrogen-bond acceptors (Lipinski definition) is 3. The van der Waals surface area contributed by atoms with Crippen LogP contribution in [0.15, 0.2) is 22.9 Å². The molecule has 0 radical (unpaired) electrons. The van der Waals surface area contributed by atoms with Gasteiger partial charge in [0.25, 0.3) is 0 Å². The van der Waals surface area contributed by atoms with Crippen LogP contribution in [0.5, 0.6) is 0 Å². The van der Waals surface area contributed by atoms with Gasteiger partial charge in [-0.05, 0) is 28.4 Å². The summed E-state index contributed by atoms with van der Waals surface area (Å²) in [5.41, 5.74) is 1.05. The third-order valence-electron chi connectivity index (χ3n) is 1.92. The maximum absolute atomic E-state index is 8.92. The molecule has 0 fully saturated rings. The van der Waals surface area contributed by atoms with Gasteiger partial charge in [0.15, 0.2) is 0 Å². The number of aliphatic hydroxyl groups excluding tert-OH is 1. The predicted octanol–water partition coefficient (Wildman–Crippen LogP) is 2.05. The van der Waals surface area contributed by atoms with E-state index in [-0.39, 0.29) is 6.61 Å². The highest BCUT2D eigenvalue weighted by Gasteiger charge is 2.04. The molecule has 1 aromatic rings. The molecule has 0 aliphatic rings. The van der Waals surface area contributed by atoms with Crippen molar-refractivity contribution >= 4 is 21.6 Å². The van der Waals surface area contributed by atoms with Crippen molar-refractivity contribution in [3.05, 3.63) is 22.9 Å². The van der Waals surface area contributed by atoms with Gasteiger partial charge in [0, 0.05) is 23.8 Å². The van der Waals surface area contributed by atoms with Crippen LogP contribution in [0.4, 0.5) is 5.69 Å². The summed E-state index contributed by atoms with van der Waals surface area (Å²) in [5.74, 6) is 0. The molecule has 78 valence electrons. The molecule has 0 aliphatic heterocycles. The molecular weight excluding hydrogens is 244 g/mol. The van der Waals surface area contributed by atoms with Crippen LogP contribution < -0.4 is 4.90 Å². The first kappa shape index (κ1) is 11.5. The van der Waals surface area contributed by atoms with Crippen LogP contribution in [-0.2, 0) is 0 Å². The average molecular weight is 259 g/mol. The molecule has 0 saturated heterocycles. The molecule has 1 N–H and O–H groups in total. The molecule has 0 bridgehead atoms. The quantitative estimate of drug-likeness (QED) is 0.879. The molecule has 0 unspecified atom stereocenters. The second kappa shape index (κ2) is 5.98. The summed E-state index contributed by atoms with van der Waals surface area (Å²) < 4.78 is 0.967. The number of anilines is 1. The minimum atomic E-state index is 0.173. The summed E-state index contributed by atoms with van der Waals surface area (Å²) in [6.45, 7) is 3.90. The smallest absolute Gasteiger partial charge is 0.0606 e. The van der Waals surface area contributed by atoms with Gasteiger partial charge in [0.1, 0.15) is 0 Å². The van der Waals surface area contributed by atoms with Crippen LogP contribution in [-0.4, -0.2) is 29.8 Å². The third-order valence-corrected chi connectivity index (χ3v) is 2.35. The highest BCUT2D eigenvalue weighted by Crippen LogP contribution is 2.18. The molecule has 1 heterocycles. The second-order valence-corrected chi connectivity index (χ2v) is 3.99. The first-order valence-electron chi connectivity index (χ1n) is 4.74. The lowest BCUT2D eigenvalue weighted by atomic mass is 10.3. The van der Waals surface area contributed by atoms with Gasteiger partial charge >= 0.3 is 0 Å². The highest BCUT2D eigenvalue weighted by atomic mass is 79.9. The molecule has 14 heavy (non-hydrogen) atoms. The Hall–Kier alpha value is -0.610. The standard InChI is InChI=1S/C10H15BrN2O/c1-2-3-13(4-5-14)10-6-9(11)7-12-8-10/h6-8,14H,2-5H2,1H3. The van der Waals surface area contributed by atoms with E-state index in [4.69, 9.17) is 5.11 Å². The van der Waals surface area contributed by atoms with Crippen LogP contribution >= 0.6 is 15.9 Å². The Kier molecular flexibility index (Phi) is 4.90. The molecule has 4 heteroatoms. The number of aliphatic hydroxyl groups is 1. The van der Waals surface area contributed by atoms with Gasteiger partial charge in [-0.15, -0.1) is 0 Å². The van der Waals surface area contributed by atoms with E-state index in [1.54, 1.807) is 6.20 Å². The molecule has 3 nitrogen and oxygen atoms in total. The topological polar surface area (TPSA) is 36.4 Å². The molecule has 0 spiro atoms. The average Bonchev–Trinajstić information content (AvgIpc) is 2.17. The van der Waals surface area contributed by atoms with E-state index in [2.05, 4.69) is 32.7 Å². The van der Waals surface area contributed by atoms with Gasteiger partial charge in [-0.3, -0.25) is 4.98 Å². The fourth-order valence-corrected chi connectivity index (χ4v) is 1.69. The van der Waals surface area contributed by atoms with Gasteiger partial charge in [-0.1, -0.05) is 6.92 Å². The van der Waals surface area contributed by atoms with Crippen molar-refractivity contribution in [1.29, 1.82) is 0 Å². The fraction of sp³-hybridized carbons (Fsp3) is 0.500. The van der Waals surface area contributed by atoms with Crippen molar-refractivity contribution in [3.8, 4) is 0 Å². The zero-order valence-electron chi connectivity index (χ0n) is 8.28. The number of pyridine rings is 1. The van der Waals surface area contributed by atoms with Gasteiger partial charge in [0.05, 0.1) is 18.5 Å². The minimum absolute atomic E-state index is 0.173. The van der Waals surface area contributed by atoms with E-state index in [1.165, 1.54) is 0 Å². The zero-order chi connectivity index (χ0) is 10.4. The van der Waals surface area contributed by atoms with Gasteiger partial charge in [-0.2, -0.15) is 0 Å². The van der Waals surface area contributed by atoms with Crippen LogP contribution in [0, 0.1) is 0 Å². The third kappa shape index (κ3) is 3.27. The summed E-state index contributed by atoms with van der Waals surface area (Å²) in [4.78, 5) is 6.22. The number of nitrogens with zero attached hydrogens (tertiary/aromatic N) is 2. The zero-order valence-corrected chi connectivity index (χ0v) is 9.87. The summed E-state index contributed by atoms with van der Waals surface area (Å²) in [5, 5.41) is 8.92. The Morgan fingerprint density at radius 2 is 2.21 bits per heavy atom. The van der Waals surface area contributed by atoms with E-state index in [1.807, 2.05) is 12.3 Å². The second-order valence-electron chi connectivity index (χ2n) is 3.07. The first-order chi connectivity index (χ1) is 6.77. The van der Waals surface area contributed by atoms with E-state index in [0.717, 1.165) is 23.1 Å². The van der Waals surface area contributed by atoms with Crippen LogP contribution in [0.25, 0.3) is 0 Å². The minimum Gasteiger partial charge on any atom is -0.395 e. The van der Waals surface area contributed by atoms with E-state index >= 15 is 0 Å². The lowest BCUT2D eigenvalue weighted by Crippen LogP contribution is -2.27. The Balaban J connectivity index is 2.75. The number of hydrogen-bond donors (Lipinski definition) is 1. The van der Waals surface area contributed by atoms with Crippen molar-refractivity contribution < 1.29 is 5.11 Å². The molecular formula is C10H15BrN2O. The molecule has 0 aromatic carbocycles. The van der Waals surface area contributed by atoms with Crippen LogP contribution in [0.3, 0.4) is 0 Å². The van der Waals surface area contributed by atoms with Crippen molar-refractivity contribution in [1.82, 2.24) is 4.98 Å². The van der Waals surface area contributed by atoms with Gasteiger partial charge in [0.2, 0.25) is 0 Å². The molecule has 1 aromatic heterocycles. The summed E-state index contributed by atoms with van der Waals surface area (Å²) in [6, 6.07) is 2.01. The predicted molar refractivity (Wildman–Crippen MR) is 61.5 cm³/mol. The summed E-state index contributed by atoms with van der Waals surface area (Å²) >= 11 is 3.38. The van der Waals surface area contributed by atoms with E-state index < -0.39 is 0 Å².